The average Bonchev–Trinajstić information content (AvgIpc) is 2.50. The van der Waals surface area contributed by atoms with Crippen molar-refractivity contribution in [2.24, 2.45) is 5.41 Å². The lowest BCUT2D eigenvalue weighted by atomic mass is 9.79. The van der Waals surface area contributed by atoms with Crippen molar-refractivity contribution in [1.82, 2.24) is 4.90 Å². The minimum atomic E-state index is -3.73. The zero-order valence-electron chi connectivity index (χ0n) is 15.9. The Balaban J connectivity index is 2.18. The average molecular weight is 399 g/mol. The molecule has 0 bridgehead atoms. The summed E-state index contributed by atoms with van der Waals surface area (Å²) in [7, 11) is -2.50. The predicted molar refractivity (Wildman–Crippen MR) is 97.0 cm³/mol. The number of phenols is 1. The summed E-state index contributed by atoms with van der Waals surface area (Å²) >= 11 is 0. The normalized spacial score (nSPS) is 16.4. The van der Waals surface area contributed by atoms with Gasteiger partial charge in [0.1, 0.15) is 11.4 Å². The van der Waals surface area contributed by atoms with Crippen LogP contribution in [0.1, 0.15) is 27.2 Å². The molecule has 1 fully saturated rings. The lowest BCUT2D eigenvalue weighted by molar-refractivity contribution is -0.146. The van der Waals surface area contributed by atoms with E-state index in [0.717, 1.165) is 0 Å². The van der Waals surface area contributed by atoms with Crippen molar-refractivity contribution >= 4 is 21.9 Å². The smallest absolute Gasteiger partial charge is 0.410 e. The number of carbonyl (C=O) groups is 2. The number of aromatic hydroxyl groups is 1. The highest BCUT2D eigenvalue weighted by atomic mass is 32.2. The molecule has 1 aromatic rings. The van der Waals surface area contributed by atoms with Gasteiger partial charge >= 0.3 is 12.1 Å². The molecule has 1 amide bonds. The monoisotopic (exact) mass is 399 g/mol. The van der Waals surface area contributed by atoms with Gasteiger partial charge in [-0.2, -0.15) is 0 Å². The van der Waals surface area contributed by atoms with Crippen LogP contribution in [0.3, 0.4) is 0 Å². The van der Waals surface area contributed by atoms with Crippen LogP contribution in [0.25, 0.3) is 0 Å². The number of likely N-dealkylation sites (tertiary alicyclic amines) is 1. The number of sulfone groups is 1. The Bertz CT molecular complexity index is 803. The van der Waals surface area contributed by atoms with Gasteiger partial charge in [-0.3, -0.25) is 4.79 Å². The first-order valence-electron chi connectivity index (χ1n) is 8.42. The van der Waals surface area contributed by atoms with Crippen LogP contribution in [0, 0.1) is 5.41 Å². The summed E-state index contributed by atoms with van der Waals surface area (Å²) in [4.78, 5) is 25.4. The summed E-state index contributed by atoms with van der Waals surface area (Å²) in [5, 5.41) is 9.34. The fourth-order valence-corrected chi connectivity index (χ4v) is 4.80. The number of benzene rings is 1. The number of rotatable bonds is 5. The zero-order chi connectivity index (χ0) is 20.5. The number of phenolic OH excluding ortho intramolecular Hbond substituents is 1. The number of hydrogen-bond donors (Lipinski definition) is 1. The number of esters is 1. The van der Waals surface area contributed by atoms with Crippen LogP contribution >= 0.6 is 0 Å². The van der Waals surface area contributed by atoms with Crippen LogP contribution in [-0.4, -0.2) is 62.0 Å². The highest BCUT2D eigenvalue weighted by Gasteiger charge is 2.50. The number of methoxy groups -OCH3 is 1. The molecular weight excluding hydrogens is 374 g/mol. The first-order chi connectivity index (χ1) is 12.4. The van der Waals surface area contributed by atoms with Crippen LogP contribution < -0.4 is 0 Å². The molecular formula is C18H25NO7S. The lowest BCUT2D eigenvalue weighted by Crippen LogP contribution is -2.62. The lowest BCUT2D eigenvalue weighted by Gasteiger charge is -2.49. The summed E-state index contributed by atoms with van der Waals surface area (Å²) < 4.78 is 35.5. The van der Waals surface area contributed by atoms with E-state index in [1.807, 2.05) is 0 Å². The van der Waals surface area contributed by atoms with Crippen molar-refractivity contribution in [3.8, 4) is 5.75 Å². The molecule has 27 heavy (non-hydrogen) atoms. The minimum Gasteiger partial charge on any atom is -0.508 e. The van der Waals surface area contributed by atoms with E-state index in [0.29, 0.717) is 0 Å². The molecule has 150 valence electrons. The zero-order valence-corrected chi connectivity index (χ0v) is 16.7. The quantitative estimate of drug-likeness (QED) is 0.754. The van der Waals surface area contributed by atoms with Gasteiger partial charge in [-0.05, 0) is 45.0 Å². The molecule has 1 aliphatic rings. The molecule has 2 rings (SSSR count). The third-order valence-electron chi connectivity index (χ3n) is 4.14. The van der Waals surface area contributed by atoms with Gasteiger partial charge in [0, 0.05) is 18.5 Å². The SMILES string of the molecule is COC(=O)CC1(CS(=O)(=O)c2ccc(O)cc2)CN(C(=O)OC(C)(C)C)C1. The highest BCUT2D eigenvalue weighted by Crippen LogP contribution is 2.38. The Hall–Kier alpha value is -2.29. The molecule has 9 heteroatoms. The van der Waals surface area contributed by atoms with Gasteiger partial charge in [0.2, 0.25) is 0 Å². The Labute approximate surface area is 159 Å². The van der Waals surface area contributed by atoms with E-state index in [2.05, 4.69) is 0 Å². The molecule has 1 aliphatic heterocycles. The fourth-order valence-electron chi connectivity index (χ4n) is 2.99. The summed E-state index contributed by atoms with van der Waals surface area (Å²) in [6.07, 6.45) is -0.676. The molecule has 0 radical (unpaired) electrons. The summed E-state index contributed by atoms with van der Waals surface area (Å²) in [6, 6.07) is 5.18. The van der Waals surface area contributed by atoms with Crippen LogP contribution in [0.4, 0.5) is 4.79 Å². The second-order valence-electron chi connectivity index (χ2n) is 7.84. The van der Waals surface area contributed by atoms with Gasteiger partial charge in [0.25, 0.3) is 0 Å². The van der Waals surface area contributed by atoms with E-state index in [1.54, 1.807) is 20.8 Å². The van der Waals surface area contributed by atoms with Gasteiger partial charge in [-0.25, -0.2) is 13.2 Å². The Morgan fingerprint density at radius 3 is 2.22 bits per heavy atom. The van der Waals surface area contributed by atoms with Crippen LogP contribution in [0.2, 0.25) is 0 Å². The van der Waals surface area contributed by atoms with Gasteiger partial charge < -0.3 is 19.5 Å². The van der Waals surface area contributed by atoms with Crippen molar-refractivity contribution < 1.29 is 32.6 Å². The Kier molecular flexibility index (Phi) is 5.74. The third kappa shape index (κ3) is 5.35. The first-order valence-corrected chi connectivity index (χ1v) is 10.1. The largest absolute Gasteiger partial charge is 0.508 e. The van der Waals surface area contributed by atoms with Crippen molar-refractivity contribution in [2.75, 3.05) is 26.0 Å². The maximum atomic E-state index is 12.8. The maximum absolute atomic E-state index is 12.8. The van der Waals surface area contributed by atoms with Crippen molar-refractivity contribution in [1.29, 1.82) is 0 Å². The van der Waals surface area contributed by atoms with Crippen molar-refractivity contribution in [2.45, 2.75) is 37.7 Å². The molecule has 1 aromatic carbocycles. The Morgan fingerprint density at radius 1 is 1.19 bits per heavy atom. The molecule has 0 atom stereocenters. The standard InChI is InChI=1S/C18H25NO7S/c1-17(2,3)26-16(22)19-10-18(11-19,9-15(21)25-4)12-27(23,24)14-7-5-13(20)6-8-14/h5-8,20H,9-12H2,1-4H3. The van der Waals surface area contributed by atoms with Crippen LogP contribution in [0.15, 0.2) is 29.2 Å². The summed E-state index contributed by atoms with van der Waals surface area (Å²) in [6.45, 7) is 5.37. The molecule has 1 N–H and O–H groups in total. The molecule has 0 aliphatic carbocycles. The number of nitrogens with zero attached hydrogens (tertiary/aromatic N) is 1. The summed E-state index contributed by atoms with van der Waals surface area (Å²) in [5.41, 5.74) is -1.61. The molecule has 1 saturated heterocycles. The van der Waals surface area contributed by atoms with Gasteiger partial charge in [-0.15, -0.1) is 0 Å². The third-order valence-corrected chi connectivity index (χ3v) is 6.13. The van der Waals surface area contributed by atoms with Gasteiger partial charge in [0.15, 0.2) is 9.84 Å². The number of hydrogen-bond acceptors (Lipinski definition) is 7. The van der Waals surface area contributed by atoms with E-state index < -0.39 is 32.9 Å². The van der Waals surface area contributed by atoms with E-state index >= 15 is 0 Å². The second-order valence-corrected chi connectivity index (χ2v) is 9.83. The van der Waals surface area contributed by atoms with Crippen LogP contribution in [-0.2, 0) is 24.1 Å². The van der Waals surface area contributed by atoms with Gasteiger partial charge in [-0.1, -0.05) is 0 Å². The van der Waals surface area contributed by atoms with E-state index in [-0.39, 0.29) is 35.9 Å². The van der Waals surface area contributed by atoms with E-state index in [1.165, 1.54) is 36.3 Å². The predicted octanol–water partition coefficient (Wildman–Crippen LogP) is 1.97. The van der Waals surface area contributed by atoms with Gasteiger partial charge in [0.05, 0.1) is 24.2 Å². The number of amides is 1. The minimum absolute atomic E-state index is 0.0419. The van der Waals surface area contributed by atoms with Crippen molar-refractivity contribution in [3.05, 3.63) is 24.3 Å². The topological polar surface area (TPSA) is 110 Å². The molecule has 0 aromatic heterocycles. The number of carbonyl (C=O) groups excluding carboxylic acids is 2. The molecule has 0 saturated carbocycles. The summed E-state index contributed by atoms with van der Waals surface area (Å²) in [5.74, 6) is -0.906. The van der Waals surface area contributed by atoms with E-state index in [9.17, 15) is 23.1 Å². The molecule has 8 nitrogen and oxygen atoms in total. The second kappa shape index (κ2) is 7.38. The Morgan fingerprint density at radius 2 is 1.74 bits per heavy atom. The molecule has 1 heterocycles. The van der Waals surface area contributed by atoms with E-state index in [4.69, 9.17) is 9.47 Å². The van der Waals surface area contributed by atoms with Crippen molar-refractivity contribution in [3.63, 3.8) is 0 Å². The fraction of sp³-hybridized carbons (Fsp3) is 0.556. The molecule has 0 spiro atoms. The maximum Gasteiger partial charge on any atom is 0.410 e. The van der Waals surface area contributed by atoms with Crippen LogP contribution in [0.5, 0.6) is 5.75 Å². The first kappa shape index (κ1) is 21.0. The highest BCUT2D eigenvalue weighted by molar-refractivity contribution is 7.91. The molecule has 0 unspecified atom stereocenters. The number of ether oxygens (including phenoxy) is 2.